The van der Waals surface area contributed by atoms with Crippen molar-refractivity contribution in [1.82, 2.24) is 4.98 Å². The summed E-state index contributed by atoms with van der Waals surface area (Å²) in [6.45, 7) is 1.34. The standard InChI is InChI=1S/C22H16Cl2N2O4/c1-13-6-8-14(9-7-13)20(28)16-4-2-3-5-17(16)22(29)30-12-19(27)26-21-18(24)10-15(23)11-25-21/h2-11H,12H2,1H3,(H,25,26,27). The number of anilines is 1. The molecule has 30 heavy (non-hydrogen) atoms. The van der Waals surface area contributed by atoms with E-state index in [4.69, 9.17) is 27.9 Å². The number of ketones is 1. The van der Waals surface area contributed by atoms with E-state index in [1.807, 2.05) is 19.1 Å². The molecule has 0 bridgehead atoms. The first-order valence-corrected chi connectivity index (χ1v) is 9.59. The molecule has 1 N–H and O–H groups in total. The average Bonchev–Trinajstić information content (AvgIpc) is 2.74. The number of hydrogen-bond donors (Lipinski definition) is 1. The van der Waals surface area contributed by atoms with Crippen LogP contribution in [0.2, 0.25) is 10.0 Å². The van der Waals surface area contributed by atoms with Crippen LogP contribution in [0.5, 0.6) is 0 Å². The number of benzene rings is 2. The minimum atomic E-state index is -0.795. The molecule has 0 aliphatic heterocycles. The van der Waals surface area contributed by atoms with Gasteiger partial charge < -0.3 is 10.1 Å². The SMILES string of the molecule is Cc1ccc(C(=O)c2ccccc2C(=O)OCC(=O)Nc2ncc(Cl)cc2Cl)cc1. The number of hydrogen-bond acceptors (Lipinski definition) is 5. The van der Waals surface area contributed by atoms with E-state index < -0.39 is 18.5 Å². The fourth-order valence-electron chi connectivity index (χ4n) is 2.60. The highest BCUT2D eigenvalue weighted by molar-refractivity contribution is 6.36. The van der Waals surface area contributed by atoms with E-state index in [0.29, 0.717) is 10.6 Å². The van der Waals surface area contributed by atoms with Crippen LogP contribution in [0.4, 0.5) is 5.82 Å². The van der Waals surface area contributed by atoms with Crippen LogP contribution in [-0.2, 0) is 9.53 Å². The fourth-order valence-corrected chi connectivity index (χ4v) is 3.03. The summed E-state index contributed by atoms with van der Waals surface area (Å²) in [7, 11) is 0. The van der Waals surface area contributed by atoms with Gasteiger partial charge in [0.1, 0.15) is 0 Å². The van der Waals surface area contributed by atoms with Gasteiger partial charge in [-0.1, -0.05) is 71.2 Å². The van der Waals surface area contributed by atoms with Gasteiger partial charge in [0.05, 0.1) is 15.6 Å². The maximum absolute atomic E-state index is 12.8. The molecule has 0 fully saturated rings. The van der Waals surface area contributed by atoms with E-state index in [1.54, 1.807) is 24.3 Å². The Bertz CT molecular complexity index is 1110. The van der Waals surface area contributed by atoms with Gasteiger partial charge in [-0.15, -0.1) is 0 Å². The lowest BCUT2D eigenvalue weighted by molar-refractivity contribution is -0.119. The number of rotatable bonds is 6. The predicted octanol–water partition coefficient (Wildman–Crippen LogP) is 4.72. The molecule has 2 aromatic carbocycles. The molecular formula is C22H16Cl2N2O4. The average molecular weight is 443 g/mol. The molecule has 0 saturated heterocycles. The second-order valence-corrected chi connectivity index (χ2v) is 7.19. The summed E-state index contributed by atoms with van der Waals surface area (Å²) >= 11 is 11.7. The molecule has 0 aliphatic rings. The van der Waals surface area contributed by atoms with Crippen molar-refractivity contribution < 1.29 is 19.1 Å². The maximum atomic E-state index is 12.8. The van der Waals surface area contributed by atoms with Gasteiger partial charge in [0.15, 0.2) is 18.2 Å². The Morgan fingerprint density at radius 2 is 1.67 bits per heavy atom. The van der Waals surface area contributed by atoms with Gasteiger partial charge in [-0.2, -0.15) is 0 Å². The topological polar surface area (TPSA) is 85.4 Å². The number of carbonyl (C=O) groups is 3. The molecule has 0 spiro atoms. The van der Waals surface area contributed by atoms with Crippen LogP contribution in [0.15, 0.2) is 60.8 Å². The monoisotopic (exact) mass is 442 g/mol. The minimum Gasteiger partial charge on any atom is -0.452 e. The van der Waals surface area contributed by atoms with Crippen LogP contribution >= 0.6 is 23.2 Å². The molecule has 3 rings (SSSR count). The summed E-state index contributed by atoms with van der Waals surface area (Å²) in [5, 5.41) is 2.90. The van der Waals surface area contributed by atoms with E-state index in [0.717, 1.165) is 5.56 Å². The van der Waals surface area contributed by atoms with Crippen LogP contribution in [0.3, 0.4) is 0 Å². The molecule has 0 aliphatic carbocycles. The Morgan fingerprint density at radius 1 is 1.00 bits per heavy atom. The van der Waals surface area contributed by atoms with Gasteiger partial charge in [-0.05, 0) is 19.1 Å². The summed E-state index contributed by atoms with van der Waals surface area (Å²) in [5.74, 6) is -1.65. The van der Waals surface area contributed by atoms with Crippen molar-refractivity contribution in [2.24, 2.45) is 0 Å². The van der Waals surface area contributed by atoms with Crippen molar-refractivity contribution in [3.8, 4) is 0 Å². The molecule has 1 heterocycles. The Hall–Kier alpha value is -3.22. The van der Waals surface area contributed by atoms with Gasteiger partial charge in [0.2, 0.25) is 0 Å². The Labute approximate surface area is 182 Å². The number of aromatic nitrogens is 1. The molecule has 152 valence electrons. The summed E-state index contributed by atoms with van der Waals surface area (Å²) < 4.78 is 5.07. The van der Waals surface area contributed by atoms with Crippen molar-refractivity contribution in [3.05, 3.63) is 93.1 Å². The molecule has 0 unspecified atom stereocenters. The number of pyridine rings is 1. The van der Waals surface area contributed by atoms with E-state index in [1.165, 1.54) is 24.4 Å². The predicted molar refractivity (Wildman–Crippen MR) is 114 cm³/mol. The molecule has 0 radical (unpaired) electrons. The number of ether oxygens (including phenoxy) is 1. The van der Waals surface area contributed by atoms with Crippen LogP contribution in [0.25, 0.3) is 0 Å². The first-order valence-electron chi connectivity index (χ1n) is 8.83. The van der Waals surface area contributed by atoms with Gasteiger partial charge in [0.25, 0.3) is 5.91 Å². The summed E-state index contributed by atoms with van der Waals surface area (Å²) in [4.78, 5) is 41.3. The van der Waals surface area contributed by atoms with Crippen molar-refractivity contribution in [3.63, 3.8) is 0 Å². The Balaban J connectivity index is 1.69. The summed E-state index contributed by atoms with van der Waals surface area (Å²) in [6.07, 6.45) is 1.32. The number of amides is 1. The smallest absolute Gasteiger partial charge is 0.339 e. The minimum absolute atomic E-state index is 0.0681. The molecule has 8 heteroatoms. The zero-order chi connectivity index (χ0) is 21.7. The largest absolute Gasteiger partial charge is 0.452 e. The van der Waals surface area contributed by atoms with Crippen molar-refractivity contribution in [2.75, 3.05) is 11.9 Å². The zero-order valence-corrected chi connectivity index (χ0v) is 17.3. The number of nitrogens with zero attached hydrogens (tertiary/aromatic N) is 1. The van der Waals surface area contributed by atoms with E-state index in [-0.39, 0.29) is 27.8 Å². The van der Waals surface area contributed by atoms with Gasteiger partial charge in [-0.3, -0.25) is 9.59 Å². The van der Waals surface area contributed by atoms with E-state index in [9.17, 15) is 14.4 Å². The third-order valence-electron chi connectivity index (χ3n) is 4.11. The fraction of sp³-hybridized carbons (Fsp3) is 0.0909. The molecule has 6 nitrogen and oxygen atoms in total. The number of esters is 1. The highest BCUT2D eigenvalue weighted by Crippen LogP contribution is 2.22. The van der Waals surface area contributed by atoms with Crippen LogP contribution in [-0.4, -0.2) is 29.3 Å². The van der Waals surface area contributed by atoms with Gasteiger partial charge >= 0.3 is 5.97 Å². The second-order valence-electron chi connectivity index (χ2n) is 6.35. The number of nitrogens with one attached hydrogen (secondary N) is 1. The normalized spacial score (nSPS) is 10.4. The maximum Gasteiger partial charge on any atom is 0.339 e. The zero-order valence-electron chi connectivity index (χ0n) is 15.8. The number of aryl methyl sites for hydroxylation is 1. The number of carbonyl (C=O) groups excluding carboxylic acids is 3. The first-order chi connectivity index (χ1) is 14.3. The van der Waals surface area contributed by atoms with Crippen LogP contribution in [0.1, 0.15) is 31.8 Å². The third-order valence-corrected chi connectivity index (χ3v) is 4.60. The molecule has 3 aromatic rings. The van der Waals surface area contributed by atoms with Crippen molar-refractivity contribution in [2.45, 2.75) is 6.92 Å². The van der Waals surface area contributed by atoms with Crippen molar-refractivity contribution >= 4 is 46.7 Å². The van der Waals surface area contributed by atoms with Crippen LogP contribution < -0.4 is 5.32 Å². The van der Waals surface area contributed by atoms with Crippen molar-refractivity contribution in [1.29, 1.82) is 0 Å². The third kappa shape index (κ3) is 5.23. The molecule has 0 saturated carbocycles. The molecule has 1 aromatic heterocycles. The Kier molecular flexibility index (Phi) is 6.82. The first kappa shape index (κ1) is 21.5. The van der Waals surface area contributed by atoms with Gasteiger partial charge in [-0.25, -0.2) is 9.78 Å². The van der Waals surface area contributed by atoms with Crippen LogP contribution in [0, 0.1) is 6.92 Å². The molecular weight excluding hydrogens is 427 g/mol. The second kappa shape index (κ2) is 9.52. The highest BCUT2D eigenvalue weighted by Gasteiger charge is 2.20. The highest BCUT2D eigenvalue weighted by atomic mass is 35.5. The quantitative estimate of drug-likeness (QED) is 0.440. The lowest BCUT2D eigenvalue weighted by Gasteiger charge is -2.10. The van der Waals surface area contributed by atoms with E-state index >= 15 is 0 Å². The summed E-state index contributed by atoms with van der Waals surface area (Å²) in [6, 6.07) is 14.7. The lowest BCUT2D eigenvalue weighted by Crippen LogP contribution is -2.22. The van der Waals surface area contributed by atoms with Gasteiger partial charge in [0, 0.05) is 17.3 Å². The Morgan fingerprint density at radius 3 is 2.33 bits per heavy atom. The number of halogens is 2. The summed E-state index contributed by atoms with van der Waals surface area (Å²) in [5.41, 5.74) is 1.72. The lowest BCUT2D eigenvalue weighted by atomic mass is 9.98. The van der Waals surface area contributed by atoms with E-state index in [2.05, 4.69) is 10.3 Å². The molecule has 0 atom stereocenters. The molecule has 1 amide bonds.